The molecule has 1 N–H and O–H groups in total. The van der Waals surface area contributed by atoms with Crippen molar-refractivity contribution in [3.8, 4) is 0 Å². The molecule has 2 aliphatic heterocycles. The molecule has 33 heavy (non-hydrogen) atoms. The highest BCUT2D eigenvalue weighted by Gasteiger charge is 2.32. The number of nitrogens with zero attached hydrogens (tertiary/aromatic N) is 2. The van der Waals surface area contributed by atoms with Crippen LogP contribution in [0.2, 0.25) is 0 Å². The summed E-state index contributed by atoms with van der Waals surface area (Å²) in [7, 11) is -3.63. The highest BCUT2D eigenvalue weighted by atomic mass is 32.2. The number of ether oxygens (including phenoxy) is 1. The number of hydrogen-bond donors (Lipinski definition) is 1. The van der Waals surface area contributed by atoms with E-state index >= 15 is 0 Å². The van der Waals surface area contributed by atoms with Crippen LogP contribution in [-0.4, -0.2) is 69.0 Å². The van der Waals surface area contributed by atoms with Gasteiger partial charge in [-0.1, -0.05) is 18.6 Å². The molecule has 2 aliphatic rings. The summed E-state index contributed by atoms with van der Waals surface area (Å²) in [5, 5.41) is 5.12. The third kappa shape index (κ3) is 5.49. The van der Waals surface area contributed by atoms with Gasteiger partial charge in [-0.15, -0.1) is 11.3 Å². The van der Waals surface area contributed by atoms with Crippen LogP contribution >= 0.6 is 11.3 Å². The van der Waals surface area contributed by atoms with Crippen LogP contribution in [0, 0.1) is 6.92 Å². The lowest BCUT2D eigenvalue weighted by Gasteiger charge is -2.34. The maximum absolute atomic E-state index is 13.3. The molecule has 1 amide bonds. The van der Waals surface area contributed by atoms with E-state index in [2.05, 4.69) is 16.3 Å². The van der Waals surface area contributed by atoms with E-state index in [1.165, 1.54) is 10.9 Å². The molecule has 0 radical (unpaired) electrons. The molecule has 3 heterocycles. The lowest BCUT2D eigenvalue weighted by molar-refractivity contribution is 0.0169. The summed E-state index contributed by atoms with van der Waals surface area (Å²) in [4.78, 5) is 16.9. The van der Waals surface area contributed by atoms with Crippen LogP contribution in [-0.2, 0) is 14.8 Å². The lowest BCUT2D eigenvalue weighted by Crippen LogP contribution is -2.43. The first-order valence-corrected chi connectivity index (χ1v) is 14.0. The Kier molecular flexibility index (Phi) is 7.86. The van der Waals surface area contributed by atoms with Crippen molar-refractivity contribution in [3.63, 3.8) is 0 Å². The SMILES string of the molecule is Cc1ccc(S(=O)(=O)N2CCCC[C@@H]2C)cc1C(=O)NC[C@H](c1cccs1)N1CCOCC1. The summed E-state index contributed by atoms with van der Waals surface area (Å²) < 4.78 is 33.6. The smallest absolute Gasteiger partial charge is 0.251 e. The lowest BCUT2D eigenvalue weighted by atomic mass is 10.1. The molecule has 0 aliphatic carbocycles. The van der Waals surface area contributed by atoms with Crippen molar-refractivity contribution in [2.24, 2.45) is 0 Å². The second-order valence-electron chi connectivity index (χ2n) is 8.83. The van der Waals surface area contributed by atoms with Crippen LogP contribution < -0.4 is 5.32 Å². The molecule has 2 aromatic rings. The number of carbonyl (C=O) groups is 1. The quantitative estimate of drug-likeness (QED) is 0.642. The van der Waals surface area contributed by atoms with Gasteiger partial charge in [-0.25, -0.2) is 8.42 Å². The van der Waals surface area contributed by atoms with Gasteiger partial charge < -0.3 is 10.1 Å². The van der Waals surface area contributed by atoms with E-state index in [1.807, 2.05) is 25.3 Å². The van der Waals surface area contributed by atoms with Crippen molar-refractivity contribution in [2.75, 3.05) is 39.4 Å². The van der Waals surface area contributed by atoms with Gasteiger partial charge in [-0.2, -0.15) is 4.31 Å². The van der Waals surface area contributed by atoms with E-state index in [1.54, 1.807) is 27.8 Å². The third-order valence-corrected chi connectivity index (χ3v) is 9.60. The Bertz CT molecular complexity index is 1050. The molecular weight excluding hydrogens is 458 g/mol. The Morgan fingerprint density at radius 2 is 2.00 bits per heavy atom. The molecule has 1 aromatic heterocycles. The summed E-state index contributed by atoms with van der Waals surface area (Å²) in [6.45, 7) is 7.79. The number of rotatable bonds is 7. The first-order chi connectivity index (χ1) is 15.9. The number of carbonyl (C=O) groups excluding carboxylic acids is 1. The molecule has 2 atom stereocenters. The maximum atomic E-state index is 13.3. The van der Waals surface area contributed by atoms with Crippen LogP contribution in [0.1, 0.15) is 53.0 Å². The normalized spacial score (nSPS) is 21.6. The van der Waals surface area contributed by atoms with Crippen LogP contribution in [0.5, 0.6) is 0 Å². The zero-order valence-corrected chi connectivity index (χ0v) is 21.0. The Balaban J connectivity index is 1.52. The van der Waals surface area contributed by atoms with Gasteiger partial charge in [0, 0.05) is 42.7 Å². The van der Waals surface area contributed by atoms with Gasteiger partial charge in [0.2, 0.25) is 10.0 Å². The summed E-state index contributed by atoms with van der Waals surface area (Å²) in [5.41, 5.74) is 1.17. The van der Waals surface area contributed by atoms with Gasteiger partial charge in [0.15, 0.2) is 0 Å². The predicted octanol–water partition coefficient (Wildman–Crippen LogP) is 3.42. The fourth-order valence-electron chi connectivity index (χ4n) is 4.63. The standard InChI is InChI=1S/C24H33N3O4S2/c1-18-8-9-20(33(29,30)27-10-4-3-6-19(27)2)16-21(18)24(28)25-17-22(23-7-5-15-32-23)26-11-13-31-14-12-26/h5,7-9,15-16,19,22H,3-4,6,10-14,17H2,1-2H3,(H,25,28)/t19-,22+/m0/s1. The Morgan fingerprint density at radius 1 is 1.21 bits per heavy atom. The van der Waals surface area contributed by atoms with E-state index < -0.39 is 10.0 Å². The average Bonchev–Trinajstić information content (AvgIpc) is 3.35. The molecule has 9 heteroatoms. The molecule has 2 saturated heterocycles. The van der Waals surface area contributed by atoms with Crippen molar-refractivity contribution in [1.29, 1.82) is 0 Å². The fourth-order valence-corrected chi connectivity index (χ4v) is 7.22. The Hall–Kier alpha value is -1.78. The van der Waals surface area contributed by atoms with E-state index in [9.17, 15) is 13.2 Å². The number of thiophene rings is 1. The number of morpholine rings is 1. The van der Waals surface area contributed by atoms with Gasteiger partial charge in [0.1, 0.15) is 0 Å². The first-order valence-electron chi connectivity index (χ1n) is 11.6. The Labute approximate surface area is 200 Å². The topological polar surface area (TPSA) is 79.0 Å². The number of aryl methyl sites for hydroxylation is 1. The molecule has 0 bridgehead atoms. The van der Waals surface area contributed by atoms with Crippen molar-refractivity contribution in [3.05, 3.63) is 51.7 Å². The van der Waals surface area contributed by atoms with E-state index in [0.717, 1.165) is 37.9 Å². The highest BCUT2D eigenvalue weighted by Crippen LogP contribution is 2.28. The predicted molar refractivity (Wildman–Crippen MR) is 130 cm³/mol. The molecule has 0 spiro atoms. The molecule has 0 saturated carbocycles. The van der Waals surface area contributed by atoms with Crippen LogP contribution in [0.15, 0.2) is 40.6 Å². The summed E-state index contributed by atoms with van der Waals surface area (Å²) >= 11 is 1.68. The second kappa shape index (κ2) is 10.7. The number of sulfonamides is 1. The molecule has 2 fully saturated rings. The maximum Gasteiger partial charge on any atom is 0.251 e. The molecular formula is C24H33N3O4S2. The number of hydrogen-bond acceptors (Lipinski definition) is 6. The summed E-state index contributed by atoms with van der Waals surface area (Å²) in [6.07, 6.45) is 2.78. The van der Waals surface area contributed by atoms with Crippen molar-refractivity contribution in [1.82, 2.24) is 14.5 Å². The summed E-state index contributed by atoms with van der Waals surface area (Å²) in [5.74, 6) is -0.244. The van der Waals surface area contributed by atoms with Gasteiger partial charge in [-0.3, -0.25) is 9.69 Å². The number of piperidine rings is 1. The minimum absolute atomic E-state index is 0.0255. The van der Waals surface area contributed by atoms with Crippen molar-refractivity contribution < 1.29 is 17.9 Å². The molecule has 4 rings (SSSR count). The van der Waals surface area contributed by atoms with E-state index in [4.69, 9.17) is 4.74 Å². The molecule has 180 valence electrons. The van der Waals surface area contributed by atoms with Crippen LogP contribution in [0.25, 0.3) is 0 Å². The first kappa shape index (κ1) is 24.3. The minimum atomic E-state index is -3.63. The minimum Gasteiger partial charge on any atom is -0.379 e. The molecule has 1 aromatic carbocycles. The number of nitrogens with one attached hydrogen (secondary N) is 1. The van der Waals surface area contributed by atoms with E-state index in [-0.39, 0.29) is 22.9 Å². The molecule has 7 nitrogen and oxygen atoms in total. The average molecular weight is 492 g/mol. The zero-order chi connectivity index (χ0) is 23.4. The largest absolute Gasteiger partial charge is 0.379 e. The fraction of sp³-hybridized carbons (Fsp3) is 0.542. The monoisotopic (exact) mass is 491 g/mol. The number of benzene rings is 1. The second-order valence-corrected chi connectivity index (χ2v) is 11.7. The summed E-state index contributed by atoms with van der Waals surface area (Å²) in [6, 6.07) is 9.04. The number of amides is 1. The Morgan fingerprint density at radius 3 is 2.70 bits per heavy atom. The van der Waals surface area contributed by atoms with Crippen LogP contribution in [0.4, 0.5) is 0 Å². The van der Waals surface area contributed by atoms with Gasteiger partial charge in [0.05, 0.1) is 24.2 Å². The van der Waals surface area contributed by atoms with Gasteiger partial charge in [0.25, 0.3) is 5.91 Å². The van der Waals surface area contributed by atoms with Crippen molar-refractivity contribution in [2.45, 2.75) is 50.1 Å². The third-order valence-electron chi connectivity index (χ3n) is 6.62. The van der Waals surface area contributed by atoms with E-state index in [0.29, 0.717) is 31.9 Å². The highest BCUT2D eigenvalue weighted by molar-refractivity contribution is 7.89. The molecule has 0 unspecified atom stereocenters. The van der Waals surface area contributed by atoms with Gasteiger partial charge in [-0.05, 0) is 55.8 Å². The van der Waals surface area contributed by atoms with Gasteiger partial charge >= 0.3 is 0 Å². The zero-order valence-electron chi connectivity index (χ0n) is 19.3. The van der Waals surface area contributed by atoms with Crippen LogP contribution in [0.3, 0.4) is 0 Å². The van der Waals surface area contributed by atoms with Crippen molar-refractivity contribution >= 4 is 27.3 Å².